The third-order valence-electron chi connectivity index (χ3n) is 4.23. The summed E-state index contributed by atoms with van der Waals surface area (Å²) < 4.78 is 0. The van der Waals surface area contributed by atoms with Gasteiger partial charge in [-0.1, -0.05) is 20.8 Å². The molecule has 4 nitrogen and oxygen atoms in total. The van der Waals surface area contributed by atoms with Crippen LogP contribution in [0, 0.1) is 11.3 Å². The molecule has 2 amide bonds. The molecule has 1 aliphatic heterocycles. The number of hydrogen-bond donors (Lipinski definition) is 1. The lowest BCUT2D eigenvalue weighted by molar-refractivity contribution is 0.122. The molecule has 17 heavy (non-hydrogen) atoms. The molecular formula is C13H23N3O. The van der Waals surface area contributed by atoms with Gasteiger partial charge in [-0.15, -0.1) is 0 Å². The van der Waals surface area contributed by atoms with E-state index in [2.05, 4.69) is 25.8 Å². The van der Waals surface area contributed by atoms with Crippen molar-refractivity contribution in [2.45, 2.75) is 59.0 Å². The van der Waals surface area contributed by atoms with E-state index in [0.717, 1.165) is 12.8 Å². The topological polar surface area (TPSA) is 58.7 Å². The van der Waals surface area contributed by atoms with Crippen LogP contribution >= 0.6 is 0 Å². The van der Waals surface area contributed by atoms with Gasteiger partial charge in [0.1, 0.15) is 11.4 Å². The van der Waals surface area contributed by atoms with Gasteiger partial charge < -0.3 is 10.6 Å². The van der Waals surface area contributed by atoms with E-state index in [4.69, 9.17) is 5.73 Å². The molecule has 1 saturated carbocycles. The molecule has 2 aliphatic rings. The molecule has 0 saturated heterocycles. The molecule has 0 radical (unpaired) electrons. The van der Waals surface area contributed by atoms with Gasteiger partial charge in [0.15, 0.2) is 0 Å². The summed E-state index contributed by atoms with van der Waals surface area (Å²) in [5, 5.41) is 0. The summed E-state index contributed by atoms with van der Waals surface area (Å²) in [6.07, 6.45) is 2.00. The Balaban J connectivity index is 2.48. The zero-order valence-electron chi connectivity index (χ0n) is 11.4. The van der Waals surface area contributed by atoms with Crippen LogP contribution in [-0.4, -0.2) is 28.3 Å². The van der Waals surface area contributed by atoms with Crippen LogP contribution in [0.15, 0.2) is 4.99 Å². The minimum atomic E-state index is -0.339. The fourth-order valence-corrected chi connectivity index (χ4v) is 3.87. The van der Waals surface area contributed by atoms with Crippen LogP contribution in [0.3, 0.4) is 0 Å². The average molecular weight is 237 g/mol. The highest BCUT2D eigenvalue weighted by Gasteiger charge is 2.59. The van der Waals surface area contributed by atoms with Gasteiger partial charge in [-0.05, 0) is 38.0 Å². The van der Waals surface area contributed by atoms with Crippen molar-refractivity contribution in [3.8, 4) is 0 Å². The Bertz CT molecular complexity index is 386. The maximum Gasteiger partial charge on any atom is 0.346 e. The summed E-state index contributed by atoms with van der Waals surface area (Å²) in [5.41, 5.74) is 5.97. The fourth-order valence-electron chi connectivity index (χ4n) is 3.87. The molecule has 1 spiro atoms. The molecule has 2 rings (SSSR count). The summed E-state index contributed by atoms with van der Waals surface area (Å²) in [6.45, 7) is 10.7. The van der Waals surface area contributed by atoms with Gasteiger partial charge in [0, 0.05) is 6.04 Å². The Kier molecular flexibility index (Phi) is 2.53. The van der Waals surface area contributed by atoms with Gasteiger partial charge in [0.25, 0.3) is 0 Å². The third-order valence-corrected chi connectivity index (χ3v) is 4.23. The van der Waals surface area contributed by atoms with E-state index in [9.17, 15) is 4.79 Å². The molecule has 2 unspecified atom stereocenters. The lowest BCUT2D eigenvalue weighted by Crippen LogP contribution is -2.58. The van der Waals surface area contributed by atoms with Crippen molar-refractivity contribution in [2.24, 2.45) is 22.1 Å². The number of hydrogen-bond acceptors (Lipinski definition) is 2. The van der Waals surface area contributed by atoms with Crippen LogP contribution in [0.5, 0.6) is 0 Å². The Morgan fingerprint density at radius 2 is 2.06 bits per heavy atom. The van der Waals surface area contributed by atoms with E-state index in [0.29, 0.717) is 11.8 Å². The first-order valence-corrected chi connectivity index (χ1v) is 6.39. The highest BCUT2D eigenvalue weighted by molar-refractivity contribution is 6.06. The van der Waals surface area contributed by atoms with E-state index in [1.165, 1.54) is 0 Å². The first-order chi connectivity index (χ1) is 7.70. The summed E-state index contributed by atoms with van der Waals surface area (Å²) in [6, 6.07) is -0.0225. The zero-order valence-corrected chi connectivity index (χ0v) is 11.4. The van der Waals surface area contributed by atoms with E-state index in [-0.39, 0.29) is 23.0 Å². The smallest absolute Gasteiger partial charge is 0.346 e. The predicted molar refractivity (Wildman–Crippen MR) is 68.9 cm³/mol. The number of urea groups is 1. The molecular weight excluding hydrogens is 214 g/mol. The van der Waals surface area contributed by atoms with Crippen LogP contribution in [0.2, 0.25) is 0 Å². The van der Waals surface area contributed by atoms with Crippen molar-refractivity contribution in [3.63, 3.8) is 0 Å². The second-order valence-corrected chi connectivity index (χ2v) is 6.61. The van der Waals surface area contributed by atoms with E-state index < -0.39 is 0 Å². The Hall–Kier alpha value is -1.06. The average Bonchev–Trinajstić information content (AvgIpc) is 2.49. The highest BCUT2D eigenvalue weighted by Crippen LogP contribution is 2.52. The number of amidine groups is 1. The second kappa shape index (κ2) is 3.47. The van der Waals surface area contributed by atoms with Crippen LogP contribution in [0.4, 0.5) is 4.79 Å². The fraction of sp³-hybridized carbons (Fsp3) is 0.846. The number of amides is 2. The molecule has 0 bridgehead atoms. The molecule has 0 aromatic heterocycles. The van der Waals surface area contributed by atoms with Crippen LogP contribution in [0.25, 0.3) is 0 Å². The van der Waals surface area contributed by atoms with Crippen molar-refractivity contribution in [2.75, 3.05) is 0 Å². The molecule has 1 fully saturated rings. The zero-order chi connectivity index (χ0) is 13.0. The summed E-state index contributed by atoms with van der Waals surface area (Å²) in [7, 11) is 0. The van der Waals surface area contributed by atoms with Crippen LogP contribution in [-0.2, 0) is 0 Å². The van der Waals surface area contributed by atoms with Crippen molar-refractivity contribution >= 4 is 11.9 Å². The molecule has 0 aromatic carbocycles. The van der Waals surface area contributed by atoms with Crippen LogP contribution < -0.4 is 5.73 Å². The standard InChI is InChI=1S/C13H23N3O/c1-8(2)16-11(17)15-10(14)13(16)7-12(4,5)6-9(13)3/h8-9H,6-7H2,1-5H3,(H2,14,15,17). The quantitative estimate of drug-likeness (QED) is 0.761. The molecule has 0 aromatic rings. The predicted octanol–water partition coefficient (Wildman–Crippen LogP) is 2.38. The monoisotopic (exact) mass is 237 g/mol. The number of carbonyl (C=O) groups is 1. The van der Waals surface area contributed by atoms with Crippen molar-refractivity contribution in [3.05, 3.63) is 0 Å². The van der Waals surface area contributed by atoms with Crippen molar-refractivity contribution < 1.29 is 4.79 Å². The first kappa shape index (κ1) is 12.4. The minimum Gasteiger partial charge on any atom is -0.385 e. The van der Waals surface area contributed by atoms with E-state index in [1.54, 1.807) is 0 Å². The lowest BCUT2D eigenvalue weighted by Gasteiger charge is -2.41. The first-order valence-electron chi connectivity index (χ1n) is 6.39. The lowest BCUT2D eigenvalue weighted by atomic mass is 9.83. The van der Waals surface area contributed by atoms with Crippen molar-refractivity contribution in [1.82, 2.24) is 4.90 Å². The Morgan fingerprint density at radius 1 is 1.47 bits per heavy atom. The molecule has 96 valence electrons. The number of carbonyl (C=O) groups excluding carboxylic acids is 1. The van der Waals surface area contributed by atoms with Crippen molar-refractivity contribution in [1.29, 1.82) is 0 Å². The summed E-state index contributed by atoms with van der Waals surface area (Å²) >= 11 is 0. The van der Waals surface area contributed by atoms with Gasteiger partial charge >= 0.3 is 6.03 Å². The number of rotatable bonds is 1. The molecule has 1 aliphatic carbocycles. The number of nitrogens with zero attached hydrogens (tertiary/aromatic N) is 2. The third kappa shape index (κ3) is 1.57. The minimum absolute atomic E-state index is 0.142. The van der Waals surface area contributed by atoms with E-state index >= 15 is 0 Å². The summed E-state index contributed by atoms with van der Waals surface area (Å²) in [5.74, 6) is 0.893. The summed E-state index contributed by atoms with van der Waals surface area (Å²) in [4.78, 5) is 17.9. The number of nitrogens with two attached hydrogens (primary N) is 1. The maximum atomic E-state index is 12.0. The second-order valence-electron chi connectivity index (χ2n) is 6.61. The van der Waals surface area contributed by atoms with Gasteiger partial charge in [-0.3, -0.25) is 0 Å². The van der Waals surface area contributed by atoms with Gasteiger partial charge in [0.05, 0.1) is 0 Å². The van der Waals surface area contributed by atoms with Crippen LogP contribution in [0.1, 0.15) is 47.5 Å². The van der Waals surface area contributed by atoms with E-state index in [1.807, 2.05) is 18.7 Å². The molecule has 2 N–H and O–H groups in total. The largest absolute Gasteiger partial charge is 0.385 e. The molecule has 4 heteroatoms. The Morgan fingerprint density at radius 3 is 2.47 bits per heavy atom. The van der Waals surface area contributed by atoms with Gasteiger partial charge in [-0.2, -0.15) is 4.99 Å². The van der Waals surface area contributed by atoms with Gasteiger partial charge in [-0.25, -0.2) is 4.79 Å². The van der Waals surface area contributed by atoms with Gasteiger partial charge in [0.2, 0.25) is 0 Å². The molecule has 2 atom stereocenters. The number of aliphatic imine (C=N–C) groups is 1. The molecule has 1 heterocycles. The Labute approximate surface area is 103 Å². The SMILES string of the molecule is CC(C)N1C(=O)N=C(N)C12CC(C)(C)CC2C. The normalized spacial score (nSPS) is 36.1. The maximum absolute atomic E-state index is 12.0. The highest BCUT2D eigenvalue weighted by atomic mass is 16.2.